The molecule has 1 fully saturated rings. The summed E-state index contributed by atoms with van der Waals surface area (Å²) in [5.41, 5.74) is 1.20. The number of rotatable bonds is 3. The van der Waals surface area contributed by atoms with E-state index in [0.29, 0.717) is 5.69 Å². The van der Waals surface area contributed by atoms with Crippen molar-refractivity contribution in [2.24, 2.45) is 5.16 Å². The Labute approximate surface area is 100 Å². The van der Waals surface area contributed by atoms with Gasteiger partial charge in [0.1, 0.15) is 11.4 Å². The highest BCUT2D eigenvalue weighted by Crippen LogP contribution is 2.16. The van der Waals surface area contributed by atoms with Gasteiger partial charge in [-0.25, -0.2) is 4.98 Å². The van der Waals surface area contributed by atoms with Crippen LogP contribution >= 0.6 is 0 Å². The first kappa shape index (κ1) is 11.9. The molecule has 0 spiro atoms. The summed E-state index contributed by atoms with van der Waals surface area (Å²) in [5.74, 6) is 0.0326. The van der Waals surface area contributed by atoms with E-state index in [1.807, 2.05) is 0 Å². The van der Waals surface area contributed by atoms with Gasteiger partial charge in [0.2, 0.25) is 0 Å². The lowest BCUT2D eigenvalue weighted by Gasteiger charge is -2.26. The van der Waals surface area contributed by atoms with Crippen molar-refractivity contribution in [1.29, 1.82) is 0 Å². The molecule has 0 saturated carbocycles. The molecule has 5 nitrogen and oxygen atoms in total. The second-order valence-electron chi connectivity index (χ2n) is 4.29. The Hall–Kier alpha value is -1.62. The molecule has 0 bridgehead atoms. The van der Waals surface area contributed by atoms with E-state index in [-0.39, 0.29) is 5.75 Å². The van der Waals surface area contributed by atoms with Gasteiger partial charge < -0.3 is 10.3 Å². The van der Waals surface area contributed by atoms with E-state index in [0.717, 1.165) is 31.5 Å². The second kappa shape index (κ2) is 5.63. The van der Waals surface area contributed by atoms with Crippen LogP contribution < -0.4 is 0 Å². The third-order valence-electron chi connectivity index (χ3n) is 2.97. The maximum atomic E-state index is 9.49. The average Bonchev–Trinajstić information content (AvgIpc) is 2.35. The van der Waals surface area contributed by atoms with Crippen LogP contribution in [0.25, 0.3) is 0 Å². The van der Waals surface area contributed by atoms with Crippen LogP contribution in [0.3, 0.4) is 0 Å². The fourth-order valence-corrected chi connectivity index (χ4v) is 2.09. The van der Waals surface area contributed by atoms with Crippen LogP contribution in [-0.2, 0) is 6.54 Å². The molecule has 92 valence electrons. The Balaban J connectivity index is 2.07. The molecule has 0 unspecified atom stereocenters. The topological polar surface area (TPSA) is 69.0 Å². The van der Waals surface area contributed by atoms with Gasteiger partial charge in [-0.2, -0.15) is 0 Å². The number of oxime groups is 1. The first-order chi connectivity index (χ1) is 8.29. The van der Waals surface area contributed by atoms with Crippen molar-refractivity contribution >= 4 is 6.21 Å². The summed E-state index contributed by atoms with van der Waals surface area (Å²) in [6, 6.07) is 3.39. The second-order valence-corrected chi connectivity index (χ2v) is 4.29. The molecule has 1 aromatic rings. The van der Waals surface area contributed by atoms with Crippen LogP contribution in [0.2, 0.25) is 0 Å². The zero-order chi connectivity index (χ0) is 12.1. The third kappa shape index (κ3) is 3.17. The minimum atomic E-state index is 0.0326. The van der Waals surface area contributed by atoms with Gasteiger partial charge in [0, 0.05) is 6.54 Å². The summed E-state index contributed by atoms with van der Waals surface area (Å²) >= 11 is 0. The van der Waals surface area contributed by atoms with E-state index in [2.05, 4.69) is 15.0 Å². The predicted molar refractivity (Wildman–Crippen MR) is 64.4 cm³/mol. The number of hydrogen-bond donors (Lipinski definition) is 2. The van der Waals surface area contributed by atoms with E-state index < -0.39 is 0 Å². The zero-order valence-electron chi connectivity index (χ0n) is 9.71. The van der Waals surface area contributed by atoms with Gasteiger partial charge in [0.25, 0.3) is 0 Å². The van der Waals surface area contributed by atoms with Crippen molar-refractivity contribution in [2.45, 2.75) is 25.8 Å². The van der Waals surface area contributed by atoms with Gasteiger partial charge in [-0.1, -0.05) is 11.6 Å². The minimum absolute atomic E-state index is 0.0326. The van der Waals surface area contributed by atoms with Crippen molar-refractivity contribution in [3.05, 3.63) is 23.5 Å². The van der Waals surface area contributed by atoms with Crippen molar-refractivity contribution in [1.82, 2.24) is 9.88 Å². The first-order valence-corrected chi connectivity index (χ1v) is 5.88. The largest absolute Gasteiger partial charge is 0.506 e. The summed E-state index contributed by atoms with van der Waals surface area (Å²) in [5, 5.41) is 20.9. The highest BCUT2D eigenvalue weighted by molar-refractivity contribution is 5.80. The number of hydrogen-bond acceptors (Lipinski definition) is 5. The Morgan fingerprint density at radius 1 is 1.29 bits per heavy atom. The number of aromatic hydroxyl groups is 1. The molecule has 0 radical (unpaired) electrons. The van der Waals surface area contributed by atoms with E-state index in [1.54, 1.807) is 12.1 Å². The van der Waals surface area contributed by atoms with Gasteiger partial charge in [0.15, 0.2) is 0 Å². The summed E-state index contributed by atoms with van der Waals surface area (Å²) in [7, 11) is 0. The summed E-state index contributed by atoms with van der Waals surface area (Å²) in [6.45, 7) is 2.99. The maximum Gasteiger partial charge on any atom is 0.142 e. The molecule has 0 atom stereocenters. The Bertz CT molecular complexity index is 401. The third-order valence-corrected chi connectivity index (χ3v) is 2.97. The molecule has 1 saturated heterocycles. The zero-order valence-corrected chi connectivity index (χ0v) is 9.71. The van der Waals surface area contributed by atoms with E-state index >= 15 is 0 Å². The molecule has 2 N–H and O–H groups in total. The van der Waals surface area contributed by atoms with Crippen LogP contribution in [0.5, 0.6) is 5.75 Å². The van der Waals surface area contributed by atoms with Gasteiger partial charge in [-0.15, -0.1) is 0 Å². The van der Waals surface area contributed by atoms with Gasteiger partial charge in [-0.3, -0.25) is 4.90 Å². The number of nitrogens with zero attached hydrogens (tertiary/aromatic N) is 3. The molecular formula is C12H17N3O2. The Morgan fingerprint density at radius 2 is 2.06 bits per heavy atom. The molecule has 17 heavy (non-hydrogen) atoms. The standard InChI is InChI=1S/C12H17N3O2/c16-12-5-4-10(14-11(12)8-13-17)9-15-6-2-1-3-7-15/h4-5,8,16-17H,1-3,6-7,9H2/b13-8+. The van der Waals surface area contributed by atoms with Crippen molar-refractivity contribution in [2.75, 3.05) is 13.1 Å². The molecule has 1 aromatic heterocycles. The maximum absolute atomic E-state index is 9.49. The predicted octanol–water partition coefficient (Wildman–Crippen LogP) is 1.58. The Kier molecular flexibility index (Phi) is 3.93. The van der Waals surface area contributed by atoms with Crippen LogP contribution in [0.4, 0.5) is 0 Å². The van der Waals surface area contributed by atoms with Crippen LogP contribution in [0.1, 0.15) is 30.7 Å². The fraction of sp³-hybridized carbons (Fsp3) is 0.500. The highest BCUT2D eigenvalue weighted by Gasteiger charge is 2.12. The molecule has 5 heteroatoms. The van der Waals surface area contributed by atoms with Crippen LogP contribution in [0, 0.1) is 0 Å². The fourth-order valence-electron chi connectivity index (χ4n) is 2.09. The van der Waals surface area contributed by atoms with E-state index in [1.165, 1.54) is 19.3 Å². The van der Waals surface area contributed by atoms with Crippen LogP contribution in [0.15, 0.2) is 17.3 Å². The minimum Gasteiger partial charge on any atom is -0.506 e. The van der Waals surface area contributed by atoms with E-state index in [4.69, 9.17) is 5.21 Å². The van der Waals surface area contributed by atoms with Crippen molar-refractivity contribution in [3.63, 3.8) is 0 Å². The summed E-state index contributed by atoms with van der Waals surface area (Å²) < 4.78 is 0. The molecular weight excluding hydrogens is 218 g/mol. The molecule has 2 heterocycles. The lowest BCUT2D eigenvalue weighted by Crippen LogP contribution is -2.29. The van der Waals surface area contributed by atoms with Crippen LogP contribution in [-0.4, -0.2) is 39.5 Å². The lowest BCUT2D eigenvalue weighted by molar-refractivity contribution is 0.218. The molecule has 0 aromatic carbocycles. The number of aromatic nitrogens is 1. The first-order valence-electron chi connectivity index (χ1n) is 5.88. The van der Waals surface area contributed by atoms with Gasteiger partial charge in [0.05, 0.1) is 11.9 Å². The van der Waals surface area contributed by atoms with Crippen molar-refractivity contribution < 1.29 is 10.3 Å². The molecule has 0 aliphatic carbocycles. The normalized spacial score (nSPS) is 17.6. The monoisotopic (exact) mass is 235 g/mol. The Morgan fingerprint density at radius 3 is 2.76 bits per heavy atom. The van der Waals surface area contributed by atoms with Gasteiger partial charge in [-0.05, 0) is 38.1 Å². The summed E-state index contributed by atoms with van der Waals surface area (Å²) in [6.07, 6.45) is 4.93. The molecule has 1 aliphatic heterocycles. The van der Waals surface area contributed by atoms with E-state index in [9.17, 15) is 5.11 Å². The quantitative estimate of drug-likeness (QED) is 0.474. The SMILES string of the molecule is O/N=C/c1nc(CN2CCCCC2)ccc1O. The molecule has 2 rings (SSSR count). The molecule has 0 amide bonds. The smallest absolute Gasteiger partial charge is 0.142 e. The lowest BCUT2D eigenvalue weighted by atomic mass is 10.1. The highest BCUT2D eigenvalue weighted by atomic mass is 16.4. The van der Waals surface area contributed by atoms with Crippen molar-refractivity contribution in [3.8, 4) is 5.75 Å². The average molecular weight is 235 g/mol. The van der Waals surface area contributed by atoms with Gasteiger partial charge >= 0.3 is 0 Å². The number of likely N-dealkylation sites (tertiary alicyclic amines) is 1. The number of piperidine rings is 1. The number of pyridine rings is 1. The summed E-state index contributed by atoms with van der Waals surface area (Å²) in [4.78, 5) is 6.61. The molecule has 1 aliphatic rings.